The van der Waals surface area contributed by atoms with Gasteiger partial charge in [0.1, 0.15) is 11.6 Å². The van der Waals surface area contributed by atoms with Crippen molar-refractivity contribution in [1.29, 1.82) is 0 Å². The first-order valence-electron chi connectivity index (χ1n) is 10.1. The van der Waals surface area contributed by atoms with Gasteiger partial charge in [-0.25, -0.2) is 17.2 Å². The average molecular weight is 438 g/mol. The number of piperidine rings is 1. The molecule has 4 rings (SSSR count). The number of sulfonamides is 1. The first-order chi connectivity index (χ1) is 14.3. The lowest BCUT2D eigenvalue weighted by Gasteiger charge is -2.35. The molecule has 2 aliphatic rings. The van der Waals surface area contributed by atoms with Gasteiger partial charge in [-0.15, -0.1) is 10.2 Å². The Labute approximate surface area is 175 Å². The third-order valence-electron chi connectivity index (χ3n) is 5.78. The molecular formula is C20H25F2N5O2S. The second-order valence-corrected chi connectivity index (χ2v) is 9.85. The van der Waals surface area contributed by atoms with E-state index in [9.17, 15) is 17.2 Å². The molecule has 2 saturated heterocycles. The topological polar surface area (TPSA) is 69.6 Å². The highest BCUT2D eigenvalue weighted by Crippen LogP contribution is 2.24. The summed E-state index contributed by atoms with van der Waals surface area (Å²) in [5, 5.41) is 8.69. The highest BCUT2D eigenvalue weighted by Gasteiger charge is 2.30. The summed E-state index contributed by atoms with van der Waals surface area (Å²) in [6.07, 6.45) is 2.30. The van der Waals surface area contributed by atoms with Crippen LogP contribution in [0.2, 0.25) is 0 Å². The molecule has 0 aliphatic carbocycles. The Morgan fingerprint density at radius 2 is 1.33 bits per heavy atom. The number of halogens is 2. The van der Waals surface area contributed by atoms with E-state index in [4.69, 9.17) is 0 Å². The summed E-state index contributed by atoms with van der Waals surface area (Å²) in [5.41, 5.74) is 0. The molecule has 162 valence electrons. The van der Waals surface area contributed by atoms with Gasteiger partial charge in [-0.3, -0.25) is 0 Å². The van der Waals surface area contributed by atoms with Crippen molar-refractivity contribution in [3.05, 3.63) is 42.0 Å². The Morgan fingerprint density at radius 1 is 0.833 bits per heavy atom. The Morgan fingerprint density at radius 3 is 1.83 bits per heavy atom. The van der Waals surface area contributed by atoms with Crippen LogP contribution in [0.25, 0.3) is 0 Å². The number of benzene rings is 1. The summed E-state index contributed by atoms with van der Waals surface area (Å²) in [7, 11) is -3.95. The third kappa shape index (κ3) is 4.39. The van der Waals surface area contributed by atoms with Crippen LogP contribution in [0.15, 0.2) is 35.2 Å². The molecule has 7 nitrogen and oxygen atoms in total. The number of hydrogen-bond donors (Lipinski definition) is 0. The van der Waals surface area contributed by atoms with Gasteiger partial charge in [0.2, 0.25) is 10.0 Å². The van der Waals surface area contributed by atoms with Crippen LogP contribution in [-0.2, 0) is 10.0 Å². The molecular weight excluding hydrogens is 412 g/mol. The van der Waals surface area contributed by atoms with Crippen molar-refractivity contribution >= 4 is 21.7 Å². The van der Waals surface area contributed by atoms with Gasteiger partial charge < -0.3 is 9.80 Å². The van der Waals surface area contributed by atoms with Gasteiger partial charge in [-0.2, -0.15) is 4.31 Å². The van der Waals surface area contributed by atoms with E-state index in [1.54, 1.807) is 0 Å². The Kier molecular flexibility index (Phi) is 5.88. The Bertz CT molecular complexity index is 967. The van der Waals surface area contributed by atoms with Crippen molar-refractivity contribution in [1.82, 2.24) is 14.5 Å². The summed E-state index contributed by atoms with van der Waals surface area (Å²) < 4.78 is 53.6. The van der Waals surface area contributed by atoms with Crippen molar-refractivity contribution in [3.63, 3.8) is 0 Å². The summed E-state index contributed by atoms with van der Waals surface area (Å²) in [6, 6.07) is 6.21. The zero-order valence-electron chi connectivity index (χ0n) is 16.8. The monoisotopic (exact) mass is 437 g/mol. The van der Waals surface area contributed by atoms with Crippen molar-refractivity contribution < 1.29 is 17.2 Å². The molecule has 1 aromatic heterocycles. The maximum Gasteiger partial charge on any atom is 0.243 e. The summed E-state index contributed by atoms with van der Waals surface area (Å²) in [4.78, 5) is 3.83. The first-order valence-corrected chi connectivity index (χ1v) is 11.6. The van der Waals surface area contributed by atoms with E-state index in [1.807, 2.05) is 17.0 Å². The van der Waals surface area contributed by atoms with E-state index in [2.05, 4.69) is 22.0 Å². The van der Waals surface area contributed by atoms with E-state index in [0.717, 1.165) is 49.8 Å². The fourth-order valence-electron chi connectivity index (χ4n) is 3.88. The van der Waals surface area contributed by atoms with Gasteiger partial charge in [-0.05, 0) is 43.0 Å². The van der Waals surface area contributed by atoms with Crippen molar-refractivity contribution in [3.8, 4) is 0 Å². The molecule has 10 heteroatoms. The molecule has 2 fully saturated rings. The summed E-state index contributed by atoms with van der Waals surface area (Å²) in [6.45, 7) is 5.47. The van der Waals surface area contributed by atoms with Crippen LogP contribution < -0.4 is 9.80 Å². The largest absolute Gasteiger partial charge is 0.355 e. The number of nitrogens with zero attached hydrogens (tertiary/aromatic N) is 5. The lowest BCUT2D eigenvalue weighted by molar-refractivity contribution is 0.382. The lowest BCUT2D eigenvalue weighted by Crippen LogP contribution is -2.49. The molecule has 1 aromatic carbocycles. The maximum atomic E-state index is 13.4. The molecule has 2 aromatic rings. The lowest BCUT2D eigenvalue weighted by atomic mass is 9.99. The maximum absolute atomic E-state index is 13.4. The predicted octanol–water partition coefficient (Wildman–Crippen LogP) is 2.50. The average Bonchev–Trinajstić information content (AvgIpc) is 2.74. The Balaban J connectivity index is 1.39. The molecule has 0 amide bonds. The van der Waals surface area contributed by atoms with E-state index >= 15 is 0 Å². The fourth-order valence-corrected chi connectivity index (χ4v) is 5.34. The molecule has 0 unspecified atom stereocenters. The molecule has 3 heterocycles. The number of hydrogen-bond acceptors (Lipinski definition) is 6. The molecule has 0 spiro atoms. The van der Waals surface area contributed by atoms with Crippen molar-refractivity contribution in [2.75, 3.05) is 49.1 Å². The van der Waals surface area contributed by atoms with Gasteiger partial charge >= 0.3 is 0 Å². The van der Waals surface area contributed by atoms with Gasteiger partial charge in [0, 0.05) is 45.3 Å². The first kappa shape index (κ1) is 20.9. The summed E-state index contributed by atoms with van der Waals surface area (Å²) >= 11 is 0. The minimum Gasteiger partial charge on any atom is -0.355 e. The molecule has 2 aliphatic heterocycles. The Hall–Kier alpha value is -2.33. The highest BCUT2D eigenvalue weighted by molar-refractivity contribution is 7.89. The zero-order chi connectivity index (χ0) is 21.3. The van der Waals surface area contributed by atoms with Gasteiger partial charge in [-0.1, -0.05) is 6.92 Å². The normalized spacial score (nSPS) is 19.3. The van der Waals surface area contributed by atoms with Crippen LogP contribution in [0.1, 0.15) is 19.8 Å². The van der Waals surface area contributed by atoms with Crippen molar-refractivity contribution in [2.45, 2.75) is 24.7 Å². The minimum absolute atomic E-state index is 0.202. The van der Waals surface area contributed by atoms with Crippen LogP contribution in [0.5, 0.6) is 0 Å². The molecule has 0 N–H and O–H groups in total. The van der Waals surface area contributed by atoms with Crippen LogP contribution in [-0.4, -0.2) is 62.2 Å². The van der Waals surface area contributed by atoms with Crippen molar-refractivity contribution in [2.24, 2.45) is 5.92 Å². The van der Waals surface area contributed by atoms with Gasteiger partial charge in [0.05, 0.1) is 4.90 Å². The zero-order valence-corrected chi connectivity index (χ0v) is 17.7. The van der Waals surface area contributed by atoms with E-state index in [1.165, 1.54) is 4.31 Å². The number of piperazine rings is 1. The number of aromatic nitrogens is 2. The van der Waals surface area contributed by atoms with E-state index in [0.29, 0.717) is 25.0 Å². The van der Waals surface area contributed by atoms with Crippen LogP contribution >= 0.6 is 0 Å². The van der Waals surface area contributed by atoms with Gasteiger partial charge in [0.25, 0.3) is 0 Å². The standard InChI is InChI=1S/C20H25F2N5O2S/c1-15-4-6-25(7-5-15)19-2-3-20(24-23-19)26-8-10-27(11-9-26)30(28,29)18-13-16(21)12-17(22)14-18/h2-3,12-15H,4-11H2,1H3. The quantitative estimate of drug-likeness (QED) is 0.732. The SMILES string of the molecule is CC1CCN(c2ccc(N3CCN(S(=O)(=O)c4cc(F)cc(F)c4)CC3)nn2)CC1. The third-order valence-corrected chi connectivity index (χ3v) is 7.66. The predicted molar refractivity (Wildman–Crippen MR) is 110 cm³/mol. The van der Waals surface area contributed by atoms with Gasteiger partial charge in [0.15, 0.2) is 11.6 Å². The van der Waals surface area contributed by atoms with E-state index < -0.39 is 21.7 Å². The minimum atomic E-state index is -3.95. The molecule has 0 atom stereocenters. The number of rotatable bonds is 4. The second-order valence-electron chi connectivity index (χ2n) is 7.92. The van der Waals surface area contributed by atoms with Crippen LogP contribution in [0.4, 0.5) is 20.4 Å². The molecule has 0 bridgehead atoms. The molecule has 0 saturated carbocycles. The van der Waals surface area contributed by atoms with Crippen LogP contribution in [0, 0.1) is 17.6 Å². The second kappa shape index (κ2) is 8.43. The van der Waals surface area contributed by atoms with Crippen LogP contribution in [0.3, 0.4) is 0 Å². The number of anilines is 2. The van der Waals surface area contributed by atoms with E-state index in [-0.39, 0.29) is 18.0 Å². The summed E-state index contributed by atoms with van der Waals surface area (Å²) in [5.74, 6) is 0.472. The smallest absolute Gasteiger partial charge is 0.243 e. The highest BCUT2D eigenvalue weighted by atomic mass is 32.2. The fraction of sp³-hybridized carbons (Fsp3) is 0.500. The molecule has 30 heavy (non-hydrogen) atoms. The molecule has 0 radical (unpaired) electrons.